The number of fused-ring (bicyclic) bond motifs is 1. The first-order chi connectivity index (χ1) is 10.5. The highest BCUT2D eigenvalue weighted by Crippen LogP contribution is 2.16. The average molecular weight is 300 g/mol. The Hall–Kier alpha value is -2.40. The van der Waals surface area contributed by atoms with Gasteiger partial charge in [0.15, 0.2) is 0 Å². The molecule has 0 unspecified atom stereocenters. The Balaban J connectivity index is 2.15. The third-order valence-corrected chi connectivity index (χ3v) is 3.64. The van der Waals surface area contributed by atoms with Crippen LogP contribution in [0.4, 0.5) is 0 Å². The molecule has 22 heavy (non-hydrogen) atoms. The maximum atomic E-state index is 11.8. The Morgan fingerprint density at radius 2 is 1.86 bits per heavy atom. The topological polar surface area (TPSA) is 92.4 Å². The van der Waals surface area contributed by atoms with Crippen molar-refractivity contribution in [2.24, 2.45) is 5.73 Å². The van der Waals surface area contributed by atoms with E-state index in [9.17, 15) is 14.7 Å². The van der Waals surface area contributed by atoms with Gasteiger partial charge in [0.05, 0.1) is 6.04 Å². The Morgan fingerprint density at radius 1 is 1.18 bits per heavy atom. The van der Waals surface area contributed by atoms with Gasteiger partial charge in [-0.1, -0.05) is 49.4 Å². The van der Waals surface area contributed by atoms with E-state index in [4.69, 9.17) is 5.73 Å². The van der Waals surface area contributed by atoms with Crippen LogP contribution in [0.15, 0.2) is 42.5 Å². The molecule has 1 amide bonds. The van der Waals surface area contributed by atoms with Crippen molar-refractivity contribution >= 4 is 22.6 Å². The van der Waals surface area contributed by atoms with E-state index in [1.807, 2.05) is 42.5 Å². The van der Waals surface area contributed by atoms with Crippen molar-refractivity contribution < 1.29 is 14.7 Å². The van der Waals surface area contributed by atoms with Gasteiger partial charge in [-0.05, 0) is 22.8 Å². The third kappa shape index (κ3) is 3.83. The zero-order valence-corrected chi connectivity index (χ0v) is 12.5. The van der Waals surface area contributed by atoms with Crippen LogP contribution in [0.1, 0.15) is 18.9 Å². The summed E-state index contributed by atoms with van der Waals surface area (Å²) in [6, 6.07) is 12.0. The summed E-state index contributed by atoms with van der Waals surface area (Å²) in [6.07, 6.45) is 0.691. The van der Waals surface area contributed by atoms with E-state index in [1.54, 1.807) is 6.92 Å². The van der Waals surface area contributed by atoms with Crippen LogP contribution >= 0.6 is 0 Å². The number of amides is 1. The van der Waals surface area contributed by atoms with Crippen LogP contribution in [-0.2, 0) is 16.0 Å². The van der Waals surface area contributed by atoms with Crippen LogP contribution in [0, 0.1) is 0 Å². The summed E-state index contributed by atoms with van der Waals surface area (Å²) in [5.74, 6) is -1.50. The minimum Gasteiger partial charge on any atom is -0.480 e. The zero-order chi connectivity index (χ0) is 16.1. The fraction of sp³-hybridized carbons (Fsp3) is 0.294. The molecule has 116 valence electrons. The van der Waals surface area contributed by atoms with Crippen molar-refractivity contribution in [1.29, 1.82) is 0 Å². The Kier molecular flexibility index (Phi) is 5.12. The number of carboxylic acid groups (broad SMARTS) is 1. The van der Waals surface area contributed by atoms with Gasteiger partial charge in [-0.25, -0.2) is 4.79 Å². The highest BCUT2D eigenvalue weighted by atomic mass is 16.4. The number of nitrogens with two attached hydrogens (primary N) is 1. The van der Waals surface area contributed by atoms with Crippen molar-refractivity contribution in [3.63, 3.8) is 0 Å². The number of hydrogen-bond acceptors (Lipinski definition) is 3. The molecule has 0 saturated heterocycles. The number of benzene rings is 2. The van der Waals surface area contributed by atoms with Gasteiger partial charge in [0.25, 0.3) is 0 Å². The van der Waals surface area contributed by atoms with E-state index in [0.717, 1.165) is 16.3 Å². The number of carboxylic acids is 1. The standard InChI is InChI=1S/C17H20N2O3/c1-2-14(18)16(20)19-15(17(21)22)10-11-7-8-12-5-3-4-6-13(12)9-11/h3-9,14-15H,2,10,18H2,1H3,(H,19,20)(H,21,22)/t14-,15-/m0/s1. The molecule has 0 aliphatic rings. The normalized spacial score (nSPS) is 13.5. The van der Waals surface area contributed by atoms with Crippen LogP contribution in [0.2, 0.25) is 0 Å². The molecule has 2 atom stereocenters. The quantitative estimate of drug-likeness (QED) is 0.757. The lowest BCUT2D eigenvalue weighted by Gasteiger charge is -2.17. The molecule has 2 rings (SSSR count). The number of nitrogens with one attached hydrogen (secondary N) is 1. The molecule has 0 radical (unpaired) electrons. The lowest BCUT2D eigenvalue weighted by Crippen LogP contribution is -2.49. The minimum absolute atomic E-state index is 0.225. The molecule has 0 heterocycles. The fourth-order valence-corrected chi connectivity index (χ4v) is 2.27. The van der Waals surface area contributed by atoms with E-state index < -0.39 is 24.0 Å². The maximum absolute atomic E-state index is 11.8. The van der Waals surface area contributed by atoms with E-state index in [1.165, 1.54) is 0 Å². The van der Waals surface area contributed by atoms with Crippen molar-refractivity contribution in [1.82, 2.24) is 5.32 Å². The van der Waals surface area contributed by atoms with Gasteiger partial charge >= 0.3 is 5.97 Å². The molecule has 5 heteroatoms. The van der Waals surface area contributed by atoms with Gasteiger partial charge in [-0.3, -0.25) is 4.79 Å². The highest BCUT2D eigenvalue weighted by molar-refractivity contribution is 5.87. The molecule has 0 bridgehead atoms. The van der Waals surface area contributed by atoms with E-state index in [2.05, 4.69) is 5.32 Å². The predicted molar refractivity (Wildman–Crippen MR) is 85.5 cm³/mol. The molecule has 0 saturated carbocycles. The van der Waals surface area contributed by atoms with Crippen molar-refractivity contribution in [3.8, 4) is 0 Å². The molecular formula is C17H20N2O3. The summed E-state index contributed by atoms with van der Waals surface area (Å²) in [7, 11) is 0. The Bertz CT molecular complexity index is 684. The number of carbonyl (C=O) groups excluding carboxylic acids is 1. The molecule has 0 aromatic heterocycles. The fourth-order valence-electron chi connectivity index (χ4n) is 2.27. The summed E-state index contributed by atoms with van der Waals surface area (Å²) in [4.78, 5) is 23.2. The number of hydrogen-bond donors (Lipinski definition) is 3. The largest absolute Gasteiger partial charge is 0.480 e. The lowest BCUT2D eigenvalue weighted by atomic mass is 10.0. The summed E-state index contributed by atoms with van der Waals surface area (Å²) >= 11 is 0. The van der Waals surface area contributed by atoms with Crippen LogP contribution in [-0.4, -0.2) is 29.1 Å². The third-order valence-electron chi connectivity index (χ3n) is 3.64. The van der Waals surface area contributed by atoms with Crippen molar-refractivity contribution in [2.75, 3.05) is 0 Å². The van der Waals surface area contributed by atoms with Crippen LogP contribution in [0.5, 0.6) is 0 Å². The number of rotatable bonds is 6. The van der Waals surface area contributed by atoms with E-state index in [0.29, 0.717) is 6.42 Å². The van der Waals surface area contributed by atoms with Crippen molar-refractivity contribution in [2.45, 2.75) is 31.8 Å². The summed E-state index contributed by atoms with van der Waals surface area (Å²) in [6.45, 7) is 1.78. The molecule has 2 aromatic rings. The van der Waals surface area contributed by atoms with Gasteiger partial charge in [-0.2, -0.15) is 0 Å². The average Bonchev–Trinajstić information content (AvgIpc) is 2.53. The van der Waals surface area contributed by atoms with Gasteiger partial charge in [0, 0.05) is 6.42 Å². The monoisotopic (exact) mass is 300 g/mol. The van der Waals surface area contributed by atoms with E-state index in [-0.39, 0.29) is 6.42 Å². The molecule has 4 N–H and O–H groups in total. The molecule has 0 aliphatic carbocycles. The molecule has 2 aromatic carbocycles. The van der Waals surface area contributed by atoms with Crippen LogP contribution < -0.4 is 11.1 Å². The van der Waals surface area contributed by atoms with Gasteiger partial charge in [-0.15, -0.1) is 0 Å². The summed E-state index contributed by atoms with van der Waals surface area (Å²) in [5.41, 5.74) is 6.49. The van der Waals surface area contributed by atoms with Crippen LogP contribution in [0.25, 0.3) is 10.8 Å². The second-order valence-corrected chi connectivity index (χ2v) is 5.30. The molecule has 0 aliphatic heterocycles. The predicted octanol–water partition coefficient (Wildman–Crippen LogP) is 1.69. The Labute approximate surface area is 129 Å². The highest BCUT2D eigenvalue weighted by Gasteiger charge is 2.22. The first-order valence-electron chi connectivity index (χ1n) is 7.27. The van der Waals surface area contributed by atoms with Gasteiger partial charge < -0.3 is 16.2 Å². The maximum Gasteiger partial charge on any atom is 0.326 e. The molecule has 0 spiro atoms. The van der Waals surface area contributed by atoms with Gasteiger partial charge in [0.2, 0.25) is 5.91 Å². The smallest absolute Gasteiger partial charge is 0.326 e. The molecular weight excluding hydrogens is 280 g/mol. The summed E-state index contributed by atoms with van der Waals surface area (Å²) in [5, 5.41) is 13.9. The van der Waals surface area contributed by atoms with E-state index >= 15 is 0 Å². The molecule has 0 fully saturated rings. The Morgan fingerprint density at radius 3 is 2.50 bits per heavy atom. The first-order valence-corrected chi connectivity index (χ1v) is 7.27. The minimum atomic E-state index is -1.06. The second-order valence-electron chi connectivity index (χ2n) is 5.30. The second kappa shape index (κ2) is 7.04. The first kappa shape index (κ1) is 16.0. The number of aliphatic carboxylic acids is 1. The van der Waals surface area contributed by atoms with Crippen molar-refractivity contribution in [3.05, 3.63) is 48.0 Å². The SMILES string of the molecule is CC[C@H](N)C(=O)N[C@@H](Cc1ccc2ccccc2c1)C(=O)O. The molecule has 5 nitrogen and oxygen atoms in total. The lowest BCUT2D eigenvalue weighted by molar-refractivity contribution is -0.142. The van der Waals surface area contributed by atoms with Gasteiger partial charge in [0.1, 0.15) is 6.04 Å². The number of carbonyl (C=O) groups is 2. The summed E-state index contributed by atoms with van der Waals surface area (Å²) < 4.78 is 0. The zero-order valence-electron chi connectivity index (χ0n) is 12.5. The van der Waals surface area contributed by atoms with Crippen LogP contribution in [0.3, 0.4) is 0 Å².